The van der Waals surface area contributed by atoms with Crippen LogP contribution in [0.5, 0.6) is 0 Å². The number of aromatic amines is 1. The molecule has 1 aromatic carbocycles. The maximum absolute atomic E-state index is 12.4. The number of carbonyl (C=O) groups excluding carboxylic acids is 2. The van der Waals surface area contributed by atoms with Crippen LogP contribution in [-0.4, -0.2) is 34.7 Å². The van der Waals surface area contributed by atoms with E-state index in [9.17, 15) is 9.59 Å². The highest BCUT2D eigenvalue weighted by molar-refractivity contribution is 5.89. The van der Waals surface area contributed by atoms with Gasteiger partial charge in [0, 0.05) is 23.6 Å². The zero-order chi connectivity index (χ0) is 18.7. The van der Waals surface area contributed by atoms with Crippen LogP contribution in [0.4, 0.5) is 4.79 Å². The third-order valence-corrected chi connectivity index (χ3v) is 3.58. The summed E-state index contributed by atoms with van der Waals surface area (Å²) < 4.78 is 5.20. The summed E-state index contributed by atoms with van der Waals surface area (Å²) in [4.78, 5) is 27.3. The molecule has 25 heavy (non-hydrogen) atoms. The molecule has 6 nitrogen and oxygen atoms in total. The molecule has 2 aromatic rings. The van der Waals surface area contributed by atoms with Crippen LogP contribution in [0.25, 0.3) is 10.9 Å². The second kappa shape index (κ2) is 7.17. The Hall–Kier alpha value is -2.50. The van der Waals surface area contributed by atoms with E-state index in [1.807, 2.05) is 44.3 Å². The van der Waals surface area contributed by atoms with Crippen molar-refractivity contribution in [3.8, 4) is 0 Å². The van der Waals surface area contributed by atoms with Crippen molar-refractivity contribution < 1.29 is 14.3 Å². The zero-order valence-corrected chi connectivity index (χ0v) is 15.5. The van der Waals surface area contributed by atoms with Gasteiger partial charge in [-0.05, 0) is 46.2 Å². The molecule has 136 valence electrons. The number of rotatable bonds is 5. The van der Waals surface area contributed by atoms with Crippen molar-refractivity contribution in [3.05, 3.63) is 36.0 Å². The predicted molar refractivity (Wildman–Crippen MR) is 98.5 cm³/mol. The van der Waals surface area contributed by atoms with E-state index in [4.69, 9.17) is 4.74 Å². The molecule has 0 atom stereocenters. The Balaban J connectivity index is 1.89. The Morgan fingerprint density at radius 3 is 2.48 bits per heavy atom. The minimum atomic E-state index is -0.583. The van der Waals surface area contributed by atoms with Crippen LogP contribution in [0.2, 0.25) is 0 Å². The summed E-state index contributed by atoms with van der Waals surface area (Å²) in [7, 11) is 0. The molecule has 0 aliphatic rings. The number of aromatic nitrogens is 1. The quantitative estimate of drug-likeness (QED) is 0.778. The molecule has 2 amide bonds. The minimum Gasteiger partial charge on any atom is -0.444 e. The molecule has 1 aromatic heterocycles. The largest absolute Gasteiger partial charge is 0.444 e. The summed E-state index contributed by atoms with van der Waals surface area (Å²) in [5.41, 5.74) is 0.826. The van der Waals surface area contributed by atoms with Gasteiger partial charge in [-0.15, -0.1) is 0 Å². The number of hydrogen-bond acceptors (Lipinski definition) is 3. The SMILES string of the molecule is CC(C)(CNC(=O)OC(C)(C)C)NC(=O)Cc1c[nH]c2ccccc12. The first-order valence-electron chi connectivity index (χ1n) is 8.39. The van der Waals surface area contributed by atoms with Gasteiger partial charge in [-0.25, -0.2) is 4.79 Å². The minimum absolute atomic E-state index is 0.0965. The lowest BCUT2D eigenvalue weighted by atomic mass is 10.0. The highest BCUT2D eigenvalue weighted by atomic mass is 16.6. The summed E-state index contributed by atoms with van der Waals surface area (Å²) in [6, 6.07) is 7.87. The fourth-order valence-corrected chi connectivity index (χ4v) is 2.52. The predicted octanol–water partition coefficient (Wildman–Crippen LogP) is 3.13. The Morgan fingerprint density at radius 2 is 1.80 bits per heavy atom. The molecule has 3 N–H and O–H groups in total. The number of alkyl carbamates (subject to hydrolysis) is 1. The molecule has 0 spiro atoms. The van der Waals surface area contributed by atoms with Gasteiger partial charge in [0.05, 0.1) is 12.0 Å². The number of carbonyl (C=O) groups is 2. The third-order valence-electron chi connectivity index (χ3n) is 3.58. The summed E-state index contributed by atoms with van der Waals surface area (Å²) in [6.07, 6.45) is 1.64. The van der Waals surface area contributed by atoms with Crippen molar-refractivity contribution in [1.82, 2.24) is 15.6 Å². The molecule has 0 aliphatic heterocycles. The van der Waals surface area contributed by atoms with Crippen molar-refractivity contribution in [2.24, 2.45) is 0 Å². The molecular weight excluding hydrogens is 318 g/mol. The Labute approximate surface area is 148 Å². The van der Waals surface area contributed by atoms with E-state index in [0.717, 1.165) is 16.5 Å². The Kier molecular flexibility index (Phi) is 5.40. The van der Waals surface area contributed by atoms with Crippen molar-refractivity contribution in [1.29, 1.82) is 0 Å². The van der Waals surface area contributed by atoms with Gasteiger partial charge in [0.25, 0.3) is 0 Å². The van der Waals surface area contributed by atoms with Crippen LogP contribution in [0.15, 0.2) is 30.5 Å². The van der Waals surface area contributed by atoms with Crippen molar-refractivity contribution in [3.63, 3.8) is 0 Å². The molecule has 1 heterocycles. The second-order valence-corrected chi connectivity index (χ2v) is 7.82. The molecule has 0 bridgehead atoms. The number of para-hydroxylation sites is 1. The van der Waals surface area contributed by atoms with E-state index in [1.54, 1.807) is 20.8 Å². The average Bonchev–Trinajstić information content (AvgIpc) is 2.86. The van der Waals surface area contributed by atoms with Gasteiger partial charge in [0.1, 0.15) is 5.60 Å². The molecule has 0 saturated heterocycles. The first-order chi connectivity index (χ1) is 11.6. The fourth-order valence-electron chi connectivity index (χ4n) is 2.52. The number of nitrogens with one attached hydrogen (secondary N) is 3. The van der Waals surface area contributed by atoms with Gasteiger partial charge in [-0.3, -0.25) is 4.79 Å². The third kappa shape index (κ3) is 5.81. The van der Waals surface area contributed by atoms with Crippen LogP contribution < -0.4 is 10.6 Å². The number of amides is 2. The second-order valence-electron chi connectivity index (χ2n) is 7.82. The van der Waals surface area contributed by atoms with E-state index < -0.39 is 17.2 Å². The number of benzene rings is 1. The molecule has 0 fully saturated rings. The van der Waals surface area contributed by atoms with Gasteiger partial charge in [0.2, 0.25) is 5.91 Å². The smallest absolute Gasteiger partial charge is 0.407 e. The lowest BCUT2D eigenvalue weighted by molar-refractivity contribution is -0.122. The van der Waals surface area contributed by atoms with Crippen molar-refractivity contribution >= 4 is 22.9 Å². The van der Waals surface area contributed by atoms with E-state index in [-0.39, 0.29) is 18.9 Å². The van der Waals surface area contributed by atoms with Gasteiger partial charge in [-0.1, -0.05) is 18.2 Å². The van der Waals surface area contributed by atoms with E-state index >= 15 is 0 Å². The van der Waals surface area contributed by atoms with Gasteiger partial charge >= 0.3 is 6.09 Å². The summed E-state index contributed by atoms with van der Waals surface area (Å²) in [5, 5.41) is 6.69. The fraction of sp³-hybridized carbons (Fsp3) is 0.474. The lowest BCUT2D eigenvalue weighted by Crippen LogP contribution is -2.52. The maximum Gasteiger partial charge on any atom is 0.407 e. The lowest BCUT2D eigenvalue weighted by Gasteiger charge is -2.27. The summed E-state index contributed by atoms with van der Waals surface area (Å²) in [6.45, 7) is 9.42. The zero-order valence-electron chi connectivity index (χ0n) is 15.5. The summed E-state index contributed by atoms with van der Waals surface area (Å²) >= 11 is 0. The molecule has 0 unspecified atom stereocenters. The maximum atomic E-state index is 12.4. The number of H-pyrrole nitrogens is 1. The normalized spacial score (nSPS) is 12.0. The van der Waals surface area contributed by atoms with Crippen LogP contribution >= 0.6 is 0 Å². The van der Waals surface area contributed by atoms with Crippen LogP contribution in [0, 0.1) is 0 Å². The summed E-state index contributed by atoms with van der Waals surface area (Å²) in [5.74, 6) is -0.0965. The highest BCUT2D eigenvalue weighted by Crippen LogP contribution is 2.18. The molecule has 6 heteroatoms. The molecule has 2 rings (SSSR count). The average molecular weight is 345 g/mol. The van der Waals surface area contributed by atoms with Gasteiger partial charge in [-0.2, -0.15) is 0 Å². The van der Waals surface area contributed by atoms with Crippen molar-refractivity contribution in [2.45, 2.75) is 52.2 Å². The van der Waals surface area contributed by atoms with E-state index in [1.165, 1.54) is 0 Å². The van der Waals surface area contributed by atoms with E-state index in [2.05, 4.69) is 15.6 Å². The number of hydrogen-bond donors (Lipinski definition) is 3. The number of ether oxygens (including phenoxy) is 1. The topological polar surface area (TPSA) is 83.2 Å². The molecule has 0 aliphatic carbocycles. The van der Waals surface area contributed by atoms with Gasteiger partial charge < -0.3 is 20.4 Å². The standard InChI is InChI=1S/C19H27N3O3/c1-18(2,3)25-17(24)21-12-19(4,5)22-16(23)10-13-11-20-15-9-7-6-8-14(13)15/h6-9,11,20H,10,12H2,1-5H3,(H,21,24)(H,22,23). The Bertz CT molecular complexity index is 757. The van der Waals surface area contributed by atoms with Crippen LogP contribution in [0.1, 0.15) is 40.2 Å². The number of fused-ring (bicyclic) bond motifs is 1. The first kappa shape index (κ1) is 18.8. The molecule has 0 saturated carbocycles. The first-order valence-corrected chi connectivity index (χ1v) is 8.39. The van der Waals surface area contributed by atoms with E-state index in [0.29, 0.717) is 0 Å². The van der Waals surface area contributed by atoms with Crippen LogP contribution in [0.3, 0.4) is 0 Å². The van der Waals surface area contributed by atoms with Gasteiger partial charge in [0.15, 0.2) is 0 Å². The monoisotopic (exact) mass is 345 g/mol. The van der Waals surface area contributed by atoms with Crippen LogP contribution in [-0.2, 0) is 16.0 Å². The van der Waals surface area contributed by atoms with Crippen molar-refractivity contribution in [2.75, 3.05) is 6.54 Å². The molecule has 0 radical (unpaired) electrons. The highest BCUT2D eigenvalue weighted by Gasteiger charge is 2.23. The Morgan fingerprint density at radius 1 is 1.12 bits per heavy atom. The molecular formula is C19H27N3O3.